The van der Waals surface area contributed by atoms with E-state index in [9.17, 15) is 9.59 Å². The Morgan fingerprint density at radius 1 is 0.964 bits per heavy atom. The van der Waals surface area contributed by atoms with Gasteiger partial charge in [0.2, 0.25) is 5.91 Å². The number of hydrogen-bond acceptors (Lipinski definition) is 3. The molecule has 0 radical (unpaired) electrons. The van der Waals surface area contributed by atoms with Crippen LogP contribution >= 0.6 is 15.9 Å². The summed E-state index contributed by atoms with van der Waals surface area (Å²) in [5, 5.41) is 10.1. The van der Waals surface area contributed by atoms with Gasteiger partial charge >= 0.3 is 0 Å². The third kappa shape index (κ3) is 4.67. The highest BCUT2D eigenvalue weighted by Crippen LogP contribution is 2.21. The number of aryl methyl sites for hydroxylation is 1. The highest BCUT2D eigenvalue weighted by Gasteiger charge is 2.10. The van der Waals surface area contributed by atoms with Crippen molar-refractivity contribution in [3.8, 4) is 0 Å². The van der Waals surface area contributed by atoms with Gasteiger partial charge in [-0.05, 0) is 71.7 Å². The highest BCUT2D eigenvalue weighted by atomic mass is 79.9. The summed E-state index contributed by atoms with van der Waals surface area (Å²) in [6.07, 6.45) is 0. The minimum absolute atomic E-state index is 0.135. The smallest absolute Gasteiger partial charge is 0.255 e. The Hall–Kier alpha value is -2.93. The Labute approximate surface area is 172 Å². The van der Waals surface area contributed by atoms with E-state index in [1.807, 2.05) is 30.7 Å². The molecule has 0 aliphatic carbocycles. The second kappa shape index (κ2) is 8.39. The van der Waals surface area contributed by atoms with Gasteiger partial charge in [-0.15, -0.1) is 0 Å². The van der Waals surface area contributed by atoms with Gasteiger partial charge in [-0.3, -0.25) is 14.3 Å². The second-order valence-electron chi connectivity index (χ2n) is 6.55. The normalized spacial score (nSPS) is 10.6. The second-order valence-corrected chi connectivity index (χ2v) is 7.35. The number of nitrogens with zero attached hydrogens (tertiary/aromatic N) is 2. The summed E-state index contributed by atoms with van der Waals surface area (Å²) in [7, 11) is 0. The van der Waals surface area contributed by atoms with E-state index in [1.165, 1.54) is 6.92 Å². The average molecular weight is 441 g/mol. The molecule has 144 valence electrons. The number of carbonyl (C=O) groups excluding carboxylic acids is 2. The van der Waals surface area contributed by atoms with Crippen LogP contribution in [0.4, 0.5) is 11.4 Å². The molecule has 0 fully saturated rings. The van der Waals surface area contributed by atoms with Crippen LogP contribution in [0.1, 0.15) is 34.2 Å². The number of halogens is 1. The van der Waals surface area contributed by atoms with Crippen molar-refractivity contribution in [2.75, 3.05) is 10.6 Å². The van der Waals surface area contributed by atoms with E-state index in [-0.39, 0.29) is 11.8 Å². The van der Waals surface area contributed by atoms with E-state index in [4.69, 9.17) is 0 Å². The van der Waals surface area contributed by atoms with E-state index >= 15 is 0 Å². The molecule has 2 aromatic carbocycles. The molecule has 0 aliphatic rings. The van der Waals surface area contributed by atoms with Crippen LogP contribution in [0.5, 0.6) is 0 Å². The number of carbonyl (C=O) groups is 2. The predicted octanol–water partition coefficient (Wildman–Crippen LogP) is 4.52. The van der Waals surface area contributed by atoms with Crippen LogP contribution in [0.2, 0.25) is 0 Å². The van der Waals surface area contributed by atoms with Crippen LogP contribution in [0, 0.1) is 13.8 Å². The minimum Gasteiger partial charge on any atom is -0.326 e. The SMILES string of the molecule is CC(=O)Nc1ccc(NC(=O)c2ccc(Cn3nc(C)c(Br)c3C)cc2)cc1. The van der Waals surface area contributed by atoms with Crippen molar-refractivity contribution in [1.29, 1.82) is 0 Å². The first-order valence-electron chi connectivity index (χ1n) is 8.81. The van der Waals surface area contributed by atoms with Crippen LogP contribution in [0.3, 0.4) is 0 Å². The lowest BCUT2D eigenvalue weighted by molar-refractivity contribution is -0.114. The fourth-order valence-electron chi connectivity index (χ4n) is 2.81. The molecule has 0 saturated carbocycles. The Morgan fingerprint density at radius 2 is 1.54 bits per heavy atom. The summed E-state index contributed by atoms with van der Waals surface area (Å²) in [5.74, 6) is -0.322. The maximum Gasteiger partial charge on any atom is 0.255 e. The molecule has 0 spiro atoms. The molecule has 3 aromatic rings. The molecule has 28 heavy (non-hydrogen) atoms. The van der Waals surface area contributed by atoms with Crippen LogP contribution in [0.15, 0.2) is 53.0 Å². The number of benzene rings is 2. The Kier molecular flexibility index (Phi) is 5.94. The number of hydrogen-bond donors (Lipinski definition) is 2. The summed E-state index contributed by atoms with van der Waals surface area (Å²) in [6.45, 7) is 6.07. The molecule has 1 heterocycles. The summed E-state index contributed by atoms with van der Waals surface area (Å²) in [5.41, 5.74) is 5.01. The number of aromatic nitrogens is 2. The molecule has 6 nitrogen and oxygen atoms in total. The maximum absolute atomic E-state index is 12.4. The van der Waals surface area contributed by atoms with Gasteiger partial charge in [0.15, 0.2) is 0 Å². The number of amides is 2. The largest absolute Gasteiger partial charge is 0.326 e. The monoisotopic (exact) mass is 440 g/mol. The van der Waals surface area contributed by atoms with Crippen molar-refractivity contribution >= 4 is 39.1 Å². The lowest BCUT2D eigenvalue weighted by atomic mass is 10.1. The Morgan fingerprint density at radius 3 is 2.04 bits per heavy atom. The molecule has 0 unspecified atom stereocenters. The van der Waals surface area contributed by atoms with E-state index in [2.05, 4.69) is 31.7 Å². The van der Waals surface area contributed by atoms with E-state index < -0.39 is 0 Å². The molecule has 1 aromatic heterocycles. The van der Waals surface area contributed by atoms with Gasteiger partial charge in [-0.25, -0.2) is 0 Å². The van der Waals surface area contributed by atoms with Crippen LogP contribution < -0.4 is 10.6 Å². The minimum atomic E-state index is -0.187. The third-order valence-corrected chi connectivity index (χ3v) is 5.45. The van der Waals surface area contributed by atoms with Gasteiger partial charge in [0.25, 0.3) is 5.91 Å². The van der Waals surface area contributed by atoms with Crippen molar-refractivity contribution in [2.24, 2.45) is 0 Å². The lowest BCUT2D eigenvalue weighted by Crippen LogP contribution is -2.12. The fraction of sp³-hybridized carbons (Fsp3) is 0.190. The van der Waals surface area contributed by atoms with E-state index in [0.29, 0.717) is 23.5 Å². The lowest BCUT2D eigenvalue weighted by Gasteiger charge is -2.08. The standard InChI is InChI=1S/C21H21BrN4O2/c1-13-20(22)14(2)26(25-13)12-16-4-6-17(7-5-16)21(28)24-19-10-8-18(9-11-19)23-15(3)27/h4-11H,12H2,1-3H3,(H,23,27)(H,24,28). The molecule has 0 aliphatic heterocycles. The Balaban J connectivity index is 1.64. The van der Waals surface area contributed by atoms with Crippen molar-refractivity contribution in [3.05, 3.63) is 75.5 Å². The molecule has 0 atom stereocenters. The molecule has 2 amide bonds. The topological polar surface area (TPSA) is 76.0 Å². The summed E-state index contributed by atoms with van der Waals surface area (Å²) < 4.78 is 2.96. The summed E-state index contributed by atoms with van der Waals surface area (Å²) in [6, 6.07) is 14.4. The number of rotatable bonds is 5. The van der Waals surface area contributed by atoms with Crippen molar-refractivity contribution in [1.82, 2.24) is 9.78 Å². The van der Waals surface area contributed by atoms with Crippen molar-refractivity contribution < 1.29 is 9.59 Å². The Bertz CT molecular complexity index is 1010. The maximum atomic E-state index is 12.4. The molecule has 0 saturated heterocycles. The highest BCUT2D eigenvalue weighted by molar-refractivity contribution is 9.10. The quantitative estimate of drug-likeness (QED) is 0.611. The average Bonchev–Trinajstić information content (AvgIpc) is 2.90. The first kappa shape index (κ1) is 19.8. The van der Waals surface area contributed by atoms with Crippen LogP contribution in [-0.4, -0.2) is 21.6 Å². The van der Waals surface area contributed by atoms with Crippen LogP contribution in [-0.2, 0) is 11.3 Å². The summed E-state index contributed by atoms with van der Waals surface area (Å²) >= 11 is 3.53. The first-order valence-corrected chi connectivity index (χ1v) is 9.60. The van der Waals surface area contributed by atoms with Gasteiger partial charge in [-0.2, -0.15) is 5.10 Å². The van der Waals surface area contributed by atoms with Gasteiger partial charge in [-0.1, -0.05) is 12.1 Å². The molecule has 2 N–H and O–H groups in total. The number of anilines is 2. The predicted molar refractivity (Wildman–Crippen MR) is 114 cm³/mol. The zero-order valence-corrected chi connectivity index (χ0v) is 17.5. The molecule has 3 rings (SSSR count). The van der Waals surface area contributed by atoms with Gasteiger partial charge < -0.3 is 10.6 Å². The van der Waals surface area contributed by atoms with E-state index in [1.54, 1.807) is 36.4 Å². The van der Waals surface area contributed by atoms with Crippen LogP contribution in [0.25, 0.3) is 0 Å². The summed E-state index contributed by atoms with van der Waals surface area (Å²) in [4.78, 5) is 23.5. The third-order valence-electron chi connectivity index (χ3n) is 4.30. The van der Waals surface area contributed by atoms with Gasteiger partial charge in [0, 0.05) is 23.9 Å². The zero-order valence-electron chi connectivity index (χ0n) is 15.9. The molecular weight excluding hydrogens is 420 g/mol. The van der Waals surface area contributed by atoms with Gasteiger partial charge in [0.1, 0.15) is 0 Å². The van der Waals surface area contributed by atoms with Crippen molar-refractivity contribution in [3.63, 3.8) is 0 Å². The zero-order chi connectivity index (χ0) is 20.3. The molecule has 7 heteroatoms. The number of nitrogens with one attached hydrogen (secondary N) is 2. The fourth-order valence-corrected chi connectivity index (χ4v) is 3.09. The van der Waals surface area contributed by atoms with Crippen molar-refractivity contribution in [2.45, 2.75) is 27.3 Å². The van der Waals surface area contributed by atoms with Gasteiger partial charge in [0.05, 0.1) is 22.4 Å². The van der Waals surface area contributed by atoms with E-state index in [0.717, 1.165) is 21.4 Å². The molecular formula is C21H21BrN4O2. The first-order chi connectivity index (χ1) is 13.3. The molecule has 0 bridgehead atoms.